The molecule has 0 aliphatic carbocycles. The van der Waals surface area contributed by atoms with E-state index in [2.05, 4.69) is 15.4 Å². The first-order chi connectivity index (χ1) is 10.5. The van der Waals surface area contributed by atoms with Crippen LogP contribution in [0.1, 0.15) is 19.3 Å². The Bertz CT molecular complexity index is 573. The molecule has 1 aromatic rings. The molecular formula is C14H15ClF2N2O3. The van der Waals surface area contributed by atoms with Gasteiger partial charge in [0.05, 0.1) is 23.3 Å². The van der Waals surface area contributed by atoms with Crippen LogP contribution in [0, 0.1) is 0 Å². The first-order valence-electron chi connectivity index (χ1n) is 6.98. The van der Waals surface area contributed by atoms with Crippen molar-refractivity contribution in [1.29, 1.82) is 0 Å². The van der Waals surface area contributed by atoms with Gasteiger partial charge in [-0.2, -0.15) is 8.78 Å². The van der Waals surface area contributed by atoms with Crippen LogP contribution in [0.4, 0.5) is 19.3 Å². The molecule has 2 aliphatic rings. The zero-order chi connectivity index (χ0) is 15.7. The Labute approximate surface area is 130 Å². The van der Waals surface area contributed by atoms with Crippen LogP contribution < -0.4 is 15.4 Å². The van der Waals surface area contributed by atoms with Crippen molar-refractivity contribution in [3.63, 3.8) is 0 Å². The Morgan fingerprint density at radius 3 is 2.82 bits per heavy atom. The van der Waals surface area contributed by atoms with E-state index in [0.717, 1.165) is 19.3 Å². The number of rotatable bonds is 4. The first-order valence-corrected chi connectivity index (χ1v) is 7.36. The number of ether oxygens (including phenoxy) is 2. The van der Waals surface area contributed by atoms with Crippen molar-refractivity contribution >= 4 is 23.3 Å². The highest BCUT2D eigenvalue weighted by Gasteiger charge is 2.41. The summed E-state index contributed by atoms with van der Waals surface area (Å²) < 4.78 is 34.2. The Morgan fingerprint density at radius 2 is 2.23 bits per heavy atom. The smallest absolute Gasteiger partial charge is 0.387 e. The largest absolute Gasteiger partial charge is 0.433 e. The van der Waals surface area contributed by atoms with Gasteiger partial charge in [0.25, 0.3) is 0 Å². The van der Waals surface area contributed by atoms with Gasteiger partial charge in [-0.1, -0.05) is 11.6 Å². The van der Waals surface area contributed by atoms with Gasteiger partial charge in [-0.3, -0.25) is 0 Å². The highest BCUT2D eigenvalue weighted by molar-refractivity contribution is 6.32. The van der Waals surface area contributed by atoms with E-state index in [0.29, 0.717) is 5.69 Å². The maximum Gasteiger partial charge on any atom is 0.387 e. The summed E-state index contributed by atoms with van der Waals surface area (Å²) in [4.78, 5) is 11.9. The second kappa shape index (κ2) is 6.26. The summed E-state index contributed by atoms with van der Waals surface area (Å²) in [5.74, 6) is -0.135. The molecule has 5 nitrogen and oxygen atoms in total. The molecule has 0 saturated carbocycles. The normalized spacial score (nSPS) is 26.3. The number of halogens is 3. The fourth-order valence-corrected chi connectivity index (χ4v) is 3.12. The molecule has 3 rings (SSSR count). The molecule has 2 heterocycles. The van der Waals surface area contributed by atoms with Gasteiger partial charge in [0.2, 0.25) is 0 Å². The van der Waals surface area contributed by atoms with Crippen molar-refractivity contribution < 1.29 is 23.0 Å². The fraction of sp³-hybridized carbons (Fsp3) is 0.500. The molecule has 22 heavy (non-hydrogen) atoms. The van der Waals surface area contributed by atoms with Crippen LogP contribution in [-0.4, -0.2) is 30.9 Å². The number of amides is 2. The number of hydrogen-bond acceptors (Lipinski definition) is 3. The molecule has 2 saturated heterocycles. The van der Waals surface area contributed by atoms with Gasteiger partial charge < -0.3 is 20.1 Å². The average molecular weight is 333 g/mol. The number of alkyl halides is 2. The first kappa shape index (κ1) is 15.3. The number of carbonyl (C=O) groups is 1. The molecule has 120 valence electrons. The number of nitrogens with one attached hydrogen (secondary N) is 2. The maximum absolute atomic E-state index is 12.1. The van der Waals surface area contributed by atoms with E-state index in [4.69, 9.17) is 16.3 Å². The molecule has 0 radical (unpaired) electrons. The van der Waals surface area contributed by atoms with Crippen LogP contribution in [0.2, 0.25) is 5.02 Å². The molecule has 3 unspecified atom stereocenters. The van der Waals surface area contributed by atoms with Crippen LogP contribution in [0.5, 0.6) is 5.75 Å². The van der Waals surface area contributed by atoms with Crippen molar-refractivity contribution in [3.05, 3.63) is 23.2 Å². The highest BCUT2D eigenvalue weighted by Crippen LogP contribution is 2.34. The summed E-state index contributed by atoms with van der Waals surface area (Å²) in [5, 5.41) is 5.47. The van der Waals surface area contributed by atoms with Gasteiger partial charge in [-0.15, -0.1) is 0 Å². The average Bonchev–Trinajstić information content (AvgIpc) is 3.03. The van der Waals surface area contributed by atoms with Crippen molar-refractivity contribution in [2.75, 3.05) is 5.32 Å². The second-order valence-corrected chi connectivity index (χ2v) is 5.75. The van der Waals surface area contributed by atoms with Crippen LogP contribution in [-0.2, 0) is 4.74 Å². The molecular weight excluding hydrogens is 318 g/mol. The van der Waals surface area contributed by atoms with E-state index in [1.807, 2.05) is 0 Å². The monoisotopic (exact) mass is 332 g/mol. The summed E-state index contributed by atoms with van der Waals surface area (Å²) in [5.41, 5.74) is 0.396. The SMILES string of the molecule is O=C(Nc1ccc(OC(F)F)c(Cl)c1)NC1CC2CCC1O2. The van der Waals surface area contributed by atoms with Gasteiger partial charge in [-0.05, 0) is 37.5 Å². The summed E-state index contributed by atoms with van der Waals surface area (Å²) in [6.45, 7) is -2.95. The van der Waals surface area contributed by atoms with Gasteiger partial charge in [-0.25, -0.2) is 4.79 Å². The van der Waals surface area contributed by atoms with E-state index in [9.17, 15) is 13.6 Å². The third kappa shape index (κ3) is 3.41. The minimum absolute atomic E-state index is 0.00126. The third-order valence-electron chi connectivity index (χ3n) is 3.83. The Morgan fingerprint density at radius 1 is 1.41 bits per heavy atom. The molecule has 0 spiro atoms. The zero-order valence-corrected chi connectivity index (χ0v) is 12.3. The number of urea groups is 1. The van der Waals surface area contributed by atoms with Crippen molar-refractivity contribution in [3.8, 4) is 5.75 Å². The number of carbonyl (C=O) groups excluding carboxylic acids is 1. The lowest BCUT2D eigenvalue weighted by molar-refractivity contribution is -0.0497. The van der Waals surface area contributed by atoms with Crippen LogP contribution in [0.15, 0.2) is 18.2 Å². The fourth-order valence-electron chi connectivity index (χ4n) is 2.90. The number of fused-ring (bicyclic) bond motifs is 2. The summed E-state index contributed by atoms with van der Waals surface area (Å²) in [6, 6.07) is 3.72. The Kier molecular flexibility index (Phi) is 4.35. The molecule has 0 aromatic heterocycles. The molecule has 2 bridgehead atoms. The number of hydrogen-bond donors (Lipinski definition) is 2. The van der Waals surface area contributed by atoms with Crippen LogP contribution >= 0.6 is 11.6 Å². The summed E-state index contributed by atoms with van der Waals surface area (Å²) in [6.07, 6.45) is 3.16. The van der Waals surface area contributed by atoms with E-state index >= 15 is 0 Å². The standard InChI is InChI=1S/C14H15ClF2N2O3/c15-9-5-7(1-3-11(9)22-13(16)17)18-14(20)19-10-6-8-2-4-12(10)21-8/h1,3,5,8,10,12-13H,2,4,6H2,(H2,18,19,20). The number of benzene rings is 1. The van der Waals surface area contributed by atoms with Crippen LogP contribution in [0.3, 0.4) is 0 Å². The minimum Gasteiger partial charge on any atom is -0.433 e. The Hall–Kier alpha value is -1.60. The van der Waals surface area contributed by atoms with Crippen molar-refractivity contribution in [2.24, 2.45) is 0 Å². The molecule has 3 atom stereocenters. The molecule has 8 heteroatoms. The molecule has 2 fully saturated rings. The third-order valence-corrected chi connectivity index (χ3v) is 4.12. The number of anilines is 1. The van der Waals surface area contributed by atoms with Crippen molar-refractivity contribution in [1.82, 2.24) is 5.32 Å². The lowest BCUT2D eigenvalue weighted by atomic mass is 9.96. The van der Waals surface area contributed by atoms with E-state index in [1.54, 1.807) is 0 Å². The predicted octanol–water partition coefficient (Wildman–Crippen LogP) is 3.38. The molecule has 2 amide bonds. The van der Waals surface area contributed by atoms with Crippen molar-refractivity contribution in [2.45, 2.75) is 44.1 Å². The Balaban J connectivity index is 1.56. The van der Waals surface area contributed by atoms with Gasteiger partial charge in [0.15, 0.2) is 0 Å². The minimum atomic E-state index is -2.95. The lowest BCUT2D eigenvalue weighted by Gasteiger charge is -2.20. The molecule has 2 N–H and O–H groups in total. The van der Waals surface area contributed by atoms with E-state index in [-0.39, 0.29) is 35.1 Å². The van der Waals surface area contributed by atoms with Gasteiger partial charge in [0, 0.05) is 5.69 Å². The quantitative estimate of drug-likeness (QED) is 0.888. The maximum atomic E-state index is 12.1. The molecule has 1 aromatic carbocycles. The summed E-state index contributed by atoms with van der Waals surface area (Å²) >= 11 is 5.83. The highest BCUT2D eigenvalue weighted by atomic mass is 35.5. The second-order valence-electron chi connectivity index (χ2n) is 5.34. The zero-order valence-electron chi connectivity index (χ0n) is 11.5. The van der Waals surface area contributed by atoms with Crippen LogP contribution in [0.25, 0.3) is 0 Å². The van der Waals surface area contributed by atoms with Gasteiger partial charge in [0.1, 0.15) is 5.75 Å². The van der Waals surface area contributed by atoms with E-state index in [1.165, 1.54) is 18.2 Å². The predicted molar refractivity (Wildman–Crippen MR) is 76.5 cm³/mol. The lowest BCUT2D eigenvalue weighted by Crippen LogP contribution is -2.43. The summed E-state index contributed by atoms with van der Waals surface area (Å²) in [7, 11) is 0. The molecule has 2 aliphatic heterocycles. The van der Waals surface area contributed by atoms with E-state index < -0.39 is 6.61 Å². The van der Waals surface area contributed by atoms with Gasteiger partial charge >= 0.3 is 12.6 Å². The topological polar surface area (TPSA) is 59.6 Å².